The molecule has 0 amide bonds. The minimum absolute atomic E-state index is 0.119. The van der Waals surface area contributed by atoms with Crippen LogP contribution >= 0.6 is 0 Å². The van der Waals surface area contributed by atoms with Crippen LogP contribution in [0.15, 0.2) is 5.16 Å². The molecule has 6 heteroatoms. The van der Waals surface area contributed by atoms with Crippen molar-refractivity contribution in [3.63, 3.8) is 0 Å². The number of nitrogens with two attached hydrogens (primary N) is 1. The van der Waals surface area contributed by atoms with Gasteiger partial charge in [0.2, 0.25) is 0 Å². The SMILES string of the molecule is Cc1nn(C)c(N(C)C2CC2)c1C(N)=NO. The molecule has 0 aromatic carbocycles. The molecule has 2 rings (SSSR count). The van der Waals surface area contributed by atoms with Crippen LogP contribution in [0.5, 0.6) is 0 Å². The number of oxime groups is 1. The quantitative estimate of drug-likeness (QED) is 0.337. The molecule has 0 radical (unpaired) electrons. The van der Waals surface area contributed by atoms with Gasteiger partial charge in [-0.05, 0) is 19.8 Å². The van der Waals surface area contributed by atoms with Crippen LogP contribution in [0, 0.1) is 6.92 Å². The fourth-order valence-corrected chi connectivity index (χ4v) is 2.04. The first-order valence-electron chi connectivity index (χ1n) is 5.30. The highest BCUT2D eigenvalue weighted by atomic mass is 16.4. The Morgan fingerprint density at radius 2 is 2.25 bits per heavy atom. The van der Waals surface area contributed by atoms with Crippen LogP contribution in [-0.2, 0) is 7.05 Å². The van der Waals surface area contributed by atoms with Crippen molar-refractivity contribution < 1.29 is 5.21 Å². The molecule has 0 bridgehead atoms. The van der Waals surface area contributed by atoms with Crippen molar-refractivity contribution in [2.75, 3.05) is 11.9 Å². The second-order valence-electron chi connectivity index (χ2n) is 4.23. The summed E-state index contributed by atoms with van der Waals surface area (Å²) < 4.78 is 1.78. The molecule has 0 aliphatic heterocycles. The standard InChI is InChI=1S/C10H17N5O/c1-6-8(9(11)13-16)10(15(3)12-6)14(2)7-4-5-7/h7,16H,4-5H2,1-3H3,(H2,11,13). The maximum atomic E-state index is 8.79. The van der Waals surface area contributed by atoms with Crippen molar-refractivity contribution in [2.24, 2.45) is 17.9 Å². The Labute approximate surface area is 94.3 Å². The van der Waals surface area contributed by atoms with E-state index in [1.165, 1.54) is 12.8 Å². The summed E-state index contributed by atoms with van der Waals surface area (Å²) in [4.78, 5) is 2.15. The van der Waals surface area contributed by atoms with Gasteiger partial charge in [-0.1, -0.05) is 5.16 Å². The molecule has 0 saturated heterocycles. The highest BCUT2D eigenvalue weighted by molar-refractivity contribution is 6.02. The van der Waals surface area contributed by atoms with Gasteiger partial charge in [0.25, 0.3) is 0 Å². The first kappa shape index (κ1) is 10.8. The number of hydrogen-bond acceptors (Lipinski definition) is 4. The molecule has 6 nitrogen and oxygen atoms in total. The van der Waals surface area contributed by atoms with Gasteiger partial charge < -0.3 is 15.8 Å². The Kier molecular flexibility index (Phi) is 2.49. The number of nitrogens with zero attached hydrogens (tertiary/aromatic N) is 4. The van der Waals surface area contributed by atoms with Gasteiger partial charge in [-0.2, -0.15) is 5.10 Å². The molecule has 3 N–H and O–H groups in total. The van der Waals surface area contributed by atoms with Gasteiger partial charge in [0.05, 0.1) is 11.3 Å². The van der Waals surface area contributed by atoms with Crippen LogP contribution in [-0.4, -0.2) is 33.9 Å². The normalized spacial score (nSPS) is 16.6. The van der Waals surface area contributed by atoms with Crippen LogP contribution in [0.3, 0.4) is 0 Å². The lowest BCUT2D eigenvalue weighted by Gasteiger charge is -2.20. The summed E-state index contributed by atoms with van der Waals surface area (Å²) in [6, 6.07) is 0.556. The molecular formula is C10H17N5O. The van der Waals surface area contributed by atoms with Crippen molar-refractivity contribution in [3.05, 3.63) is 11.3 Å². The molecule has 1 heterocycles. The lowest BCUT2D eigenvalue weighted by molar-refractivity contribution is 0.318. The third-order valence-corrected chi connectivity index (χ3v) is 2.98. The summed E-state index contributed by atoms with van der Waals surface area (Å²) in [5.41, 5.74) is 7.19. The Bertz CT molecular complexity index is 433. The minimum atomic E-state index is 0.119. The maximum absolute atomic E-state index is 8.79. The highest BCUT2D eigenvalue weighted by Gasteiger charge is 2.31. The predicted molar refractivity (Wildman–Crippen MR) is 61.9 cm³/mol. The number of hydrogen-bond donors (Lipinski definition) is 2. The van der Waals surface area contributed by atoms with E-state index in [1.807, 2.05) is 21.0 Å². The van der Waals surface area contributed by atoms with Crippen LogP contribution in [0.1, 0.15) is 24.1 Å². The second-order valence-corrected chi connectivity index (χ2v) is 4.23. The molecule has 0 spiro atoms. The van der Waals surface area contributed by atoms with E-state index in [1.54, 1.807) is 4.68 Å². The van der Waals surface area contributed by atoms with Gasteiger partial charge >= 0.3 is 0 Å². The van der Waals surface area contributed by atoms with Crippen molar-refractivity contribution in [1.29, 1.82) is 0 Å². The maximum Gasteiger partial charge on any atom is 0.175 e. The molecule has 16 heavy (non-hydrogen) atoms. The van der Waals surface area contributed by atoms with Gasteiger partial charge in [0.15, 0.2) is 5.84 Å². The summed E-state index contributed by atoms with van der Waals surface area (Å²) in [5.74, 6) is 1.03. The third kappa shape index (κ3) is 1.60. The molecule has 1 aromatic rings. The molecule has 1 fully saturated rings. The van der Waals surface area contributed by atoms with Gasteiger partial charge in [-0.25, -0.2) is 0 Å². The van der Waals surface area contributed by atoms with Crippen molar-refractivity contribution in [3.8, 4) is 0 Å². The Hall–Kier alpha value is -1.72. The summed E-state index contributed by atoms with van der Waals surface area (Å²) >= 11 is 0. The fraction of sp³-hybridized carbons (Fsp3) is 0.600. The van der Waals surface area contributed by atoms with E-state index in [9.17, 15) is 0 Å². The van der Waals surface area contributed by atoms with Gasteiger partial charge in [0.1, 0.15) is 5.82 Å². The minimum Gasteiger partial charge on any atom is -0.409 e. The van der Waals surface area contributed by atoms with Crippen molar-refractivity contribution in [2.45, 2.75) is 25.8 Å². The smallest absolute Gasteiger partial charge is 0.175 e. The van der Waals surface area contributed by atoms with Crippen molar-refractivity contribution >= 4 is 11.7 Å². The first-order chi connectivity index (χ1) is 7.56. The summed E-state index contributed by atoms with van der Waals surface area (Å²) in [5, 5.41) is 16.2. The molecule has 1 saturated carbocycles. The van der Waals surface area contributed by atoms with Crippen LogP contribution in [0.4, 0.5) is 5.82 Å². The zero-order chi connectivity index (χ0) is 11.9. The largest absolute Gasteiger partial charge is 0.409 e. The highest BCUT2D eigenvalue weighted by Crippen LogP contribution is 2.32. The van der Waals surface area contributed by atoms with Gasteiger partial charge in [0, 0.05) is 20.1 Å². The van der Waals surface area contributed by atoms with Crippen LogP contribution in [0.25, 0.3) is 0 Å². The zero-order valence-corrected chi connectivity index (χ0v) is 9.80. The monoisotopic (exact) mass is 223 g/mol. The summed E-state index contributed by atoms with van der Waals surface area (Å²) in [7, 11) is 3.89. The molecule has 1 aliphatic rings. The molecule has 1 aliphatic carbocycles. The van der Waals surface area contributed by atoms with E-state index < -0.39 is 0 Å². The second kappa shape index (κ2) is 3.70. The van der Waals surface area contributed by atoms with Crippen molar-refractivity contribution in [1.82, 2.24) is 9.78 Å². The Balaban J connectivity index is 2.49. The number of aryl methyl sites for hydroxylation is 2. The average Bonchev–Trinajstić information content (AvgIpc) is 3.03. The average molecular weight is 223 g/mol. The zero-order valence-electron chi connectivity index (χ0n) is 9.80. The number of rotatable bonds is 3. The number of anilines is 1. The molecule has 1 aromatic heterocycles. The predicted octanol–water partition coefficient (Wildman–Crippen LogP) is 0.422. The van der Waals surface area contributed by atoms with Crippen LogP contribution < -0.4 is 10.6 Å². The summed E-state index contributed by atoms with van der Waals surface area (Å²) in [6.07, 6.45) is 2.38. The third-order valence-electron chi connectivity index (χ3n) is 2.98. The van der Waals surface area contributed by atoms with E-state index in [0.717, 1.165) is 17.1 Å². The first-order valence-corrected chi connectivity index (χ1v) is 5.30. The van der Waals surface area contributed by atoms with E-state index >= 15 is 0 Å². The lowest BCUT2D eigenvalue weighted by Crippen LogP contribution is -2.26. The molecule has 0 unspecified atom stereocenters. The van der Waals surface area contributed by atoms with E-state index in [2.05, 4.69) is 15.2 Å². The topological polar surface area (TPSA) is 79.7 Å². The van der Waals surface area contributed by atoms with E-state index in [-0.39, 0.29) is 5.84 Å². The summed E-state index contributed by atoms with van der Waals surface area (Å²) in [6.45, 7) is 1.86. The Morgan fingerprint density at radius 1 is 1.62 bits per heavy atom. The fourth-order valence-electron chi connectivity index (χ4n) is 2.04. The van der Waals surface area contributed by atoms with E-state index in [0.29, 0.717) is 6.04 Å². The number of amidine groups is 1. The Morgan fingerprint density at radius 3 is 2.75 bits per heavy atom. The molecule has 0 atom stereocenters. The van der Waals surface area contributed by atoms with Gasteiger partial charge in [-0.15, -0.1) is 0 Å². The van der Waals surface area contributed by atoms with Crippen LogP contribution in [0.2, 0.25) is 0 Å². The molecular weight excluding hydrogens is 206 g/mol. The van der Waals surface area contributed by atoms with E-state index in [4.69, 9.17) is 10.9 Å². The lowest BCUT2D eigenvalue weighted by atomic mass is 10.2. The molecule has 88 valence electrons. The number of aromatic nitrogens is 2. The van der Waals surface area contributed by atoms with Gasteiger partial charge in [-0.3, -0.25) is 4.68 Å².